The Labute approximate surface area is 91.3 Å². The van der Waals surface area contributed by atoms with Crippen LogP contribution in [-0.4, -0.2) is 27.8 Å². The lowest BCUT2D eigenvalue weighted by Crippen LogP contribution is -2.25. The third-order valence-electron chi connectivity index (χ3n) is 2.50. The van der Waals surface area contributed by atoms with Crippen LogP contribution in [0, 0.1) is 0 Å². The maximum Gasteiger partial charge on any atom is 0.0948 e. The molecule has 0 fully saturated rings. The molecule has 0 aliphatic carbocycles. The second-order valence-corrected chi connectivity index (χ2v) is 3.62. The van der Waals surface area contributed by atoms with E-state index >= 15 is 0 Å². The number of hydrogen-bond acceptors (Lipinski definition) is 3. The lowest BCUT2D eigenvalue weighted by atomic mass is 10.1. The summed E-state index contributed by atoms with van der Waals surface area (Å²) in [5.74, 6) is 0. The number of nitrogens with one attached hydrogen (secondary N) is 1. The van der Waals surface area contributed by atoms with Gasteiger partial charge in [-0.25, -0.2) is 4.98 Å². The first-order valence-electron chi connectivity index (χ1n) is 5.67. The van der Waals surface area contributed by atoms with Gasteiger partial charge in [0, 0.05) is 19.3 Å². The highest BCUT2D eigenvalue weighted by Crippen LogP contribution is 2.15. The summed E-state index contributed by atoms with van der Waals surface area (Å²) in [4.78, 5) is 4.15. The first-order chi connectivity index (χ1) is 7.33. The van der Waals surface area contributed by atoms with Gasteiger partial charge < -0.3 is 15.0 Å². The van der Waals surface area contributed by atoms with Crippen molar-refractivity contribution >= 4 is 0 Å². The highest BCUT2D eigenvalue weighted by atomic mass is 16.3. The maximum atomic E-state index is 9.03. The summed E-state index contributed by atoms with van der Waals surface area (Å²) in [5, 5.41) is 12.5. The molecule has 15 heavy (non-hydrogen) atoms. The molecule has 1 heterocycles. The molecule has 1 aromatic rings. The number of aliphatic hydroxyl groups excluding tert-OH is 1. The van der Waals surface area contributed by atoms with Gasteiger partial charge in [-0.3, -0.25) is 0 Å². The van der Waals surface area contributed by atoms with Crippen LogP contribution in [0.3, 0.4) is 0 Å². The minimum absolute atomic E-state index is 0.205. The fraction of sp³-hybridized carbons (Fsp3) is 0.727. The van der Waals surface area contributed by atoms with Gasteiger partial charge in [0.2, 0.25) is 0 Å². The van der Waals surface area contributed by atoms with Crippen LogP contribution in [-0.2, 0) is 6.54 Å². The standard InChI is InChI=1S/C11H21N3O/c1-3-6-13-10(5-7-15)11-8-12-9-14(11)4-2/h8-10,13,15H,3-7H2,1-2H3. The van der Waals surface area contributed by atoms with Crippen LogP contribution in [0.25, 0.3) is 0 Å². The Morgan fingerprint density at radius 1 is 1.53 bits per heavy atom. The monoisotopic (exact) mass is 211 g/mol. The van der Waals surface area contributed by atoms with E-state index in [1.807, 2.05) is 12.5 Å². The Balaban J connectivity index is 2.69. The van der Waals surface area contributed by atoms with Gasteiger partial charge in [-0.05, 0) is 26.3 Å². The van der Waals surface area contributed by atoms with E-state index in [0.29, 0.717) is 0 Å². The molecule has 1 unspecified atom stereocenters. The largest absolute Gasteiger partial charge is 0.396 e. The van der Waals surface area contributed by atoms with Crippen LogP contribution in [0.4, 0.5) is 0 Å². The molecule has 4 heteroatoms. The normalized spacial score (nSPS) is 13.0. The lowest BCUT2D eigenvalue weighted by molar-refractivity contribution is 0.262. The van der Waals surface area contributed by atoms with E-state index in [0.717, 1.165) is 25.9 Å². The SMILES string of the molecule is CCCNC(CCO)c1cncn1CC. The first kappa shape index (κ1) is 12.2. The molecule has 4 nitrogen and oxygen atoms in total. The topological polar surface area (TPSA) is 50.1 Å². The Morgan fingerprint density at radius 2 is 2.33 bits per heavy atom. The molecule has 0 saturated heterocycles. The van der Waals surface area contributed by atoms with Crippen LogP contribution < -0.4 is 5.32 Å². The van der Waals surface area contributed by atoms with Crippen molar-refractivity contribution in [3.63, 3.8) is 0 Å². The van der Waals surface area contributed by atoms with Crippen LogP contribution in [0.5, 0.6) is 0 Å². The van der Waals surface area contributed by atoms with E-state index in [1.165, 1.54) is 5.69 Å². The van der Waals surface area contributed by atoms with Crippen molar-refractivity contribution in [2.45, 2.75) is 39.3 Å². The highest BCUT2D eigenvalue weighted by molar-refractivity contribution is 5.05. The number of aliphatic hydroxyl groups is 1. The van der Waals surface area contributed by atoms with E-state index in [4.69, 9.17) is 5.11 Å². The minimum atomic E-state index is 0.205. The molecular formula is C11H21N3O. The first-order valence-corrected chi connectivity index (χ1v) is 5.67. The quantitative estimate of drug-likeness (QED) is 0.715. The predicted molar refractivity (Wildman–Crippen MR) is 60.6 cm³/mol. The summed E-state index contributed by atoms with van der Waals surface area (Å²) in [7, 11) is 0. The van der Waals surface area contributed by atoms with Gasteiger partial charge in [-0.2, -0.15) is 0 Å². The smallest absolute Gasteiger partial charge is 0.0948 e. The van der Waals surface area contributed by atoms with Gasteiger partial charge in [-0.1, -0.05) is 6.92 Å². The molecule has 0 bridgehead atoms. The van der Waals surface area contributed by atoms with E-state index < -0.39 is 0 Å². The molecule has 0 amide bonds. The molecular weight excluding hydrogens is 190 g/mol. The summed E-state index contributed by atoms with van der Waals surface area (Å²) in [6.07, 6.45) is 5.56. The highest BCUT2D eigenvalue weighted by Gasteiger charge is 2.13. The zero-order valence-electron chi connectivity index (χ0n) is 9.61. The summed E-state index contributed by atoms with van der Waals surface area (Å²) in [6.45, 7) is 6.34. The number of aromatic nitrogens is 2. The fourth-order valence-electron chi connectivity index (χ4n) is 1.69. The average Bonchev–Trinajstić information content (AvgIpc) is 2.72. The fourth-order valence-corrected chi connectivity index (χ4v) is 1.69. The molecule has 1 atom stereocenters. The van der Waals surface area contributed by atoms with E-state index in [1.54, 1.807) is 0 Å². The van der Waals surface area contributed by atoms with Gasteiger partial charge in [-0.15, -0.1) is 0 Å². The Bertz CT molecular complexity index is 273. The number of nitrogens with zero attached hydrogens (tertiary/aromatic N) is 2. The molecule has 0 aromatic carbocycles. The van der Waals surface area contributed by atoms with E-state index in [2.05, 4.69) is 28.7 Å². The molecule has 1 rings (SSSR count). The predicted octanol–water partition coefficient (Wildman–Crippen LogP) is 1.33. The molecule has 86 valence electrons. The summed E-state index contributed by atoms with van der Waals surface area (Å²) in [5.41, 5.74) is 1.17. The summed E-state index contributed by atoms with van der Waals surface area (Å²) >= 11 is 0. The second kappa shape index (κ2) is 6.58. The Kier molecular flexibility index (Phi) is 5.36. The summed E-state index contributed by atoms with van der Waals surface area (Å²) in [6, 6.07) is 0.220. The summed E-state index contributed by atoms with van der Waals surface area (Å²) < 4.78 is 2.11. The molecule has 0 aliphatic rings. The van der Waals surface area contributed by atoms with Crippen molar-refractivity contribution in [3.8, 4) is 0 Å². The molecule has 0 aliphatic heterocycles. The van der Waals surface area contributed by atoms with Crippen LogP contribution in [0.1, 0.15) is 38.4 Å². The van der Waals surface area contributed by atoms with Gasteiger partial charge >= 0.3 is 0 Å². The average molecular weight is 211 g/mol. The van der Waals surface area contributed by atoms with Gasteiger partial charge in [0.25, 0.3) is 0 Å². The number of imidazole rings is 1. The van der Waals surface area contributed by atoms with E-state index in [9.17, 15) is 0 Å². The second-order valence-electron chi connectivity index (χ2n) is 3.62. The zero-order chi connectivity index (χ0) is 11.1. The maximum absolute atomic E-state index is 9.03. The number of aryl methyl sites for hydroxylation is 1. The Morgan fingerprint density at radius 3 is 2.93 bits per heavy atom. The van der Waals surface area contributed by atoms with Gasteiger partial charge in [0.05, 0.1) is 18.1 Å². The van der Waals surface area contributed by atoms with Crippen molar-refractivity contribution in [2.24, 2.45) is 0 Å². The molecule has 2 N–H and O–H groups in total. The van der Waals surface area contributed by atoms with Crippen molar-refractivity contribution < 1.29 is 5.11 Å². The van der Waals surface area contributed by atoms with Crippen LogP contribution >= 0.6 is 0 Å². The number of hydrogen-bond donors (Lipinski definition) is 2. The van der Waals surface area contributed by atoms with Gasteiger partial charge in [0.15, 0.2) is 0 Å². The van der Waals surface area contributed by atoms with Crippen molar-refractivity contribution in [1.82, 2.24) is 14.9 Å². The van der Waals surface area contributed by atoms with E-state index in [-0.39, 0.29) is 12.6 Å². The Hall–Kier alpha value is -0.870. The molecule has 0 saturated carbocycles. The minimum Gasteiger partial charge on any atom is -0.396 e. The van der Waals surface area contributed by atoms with Crippen LogP contribution in [0.15, 0.2) is 12.5 Å². The van der Waals surface area contributed by atoms with Crippen molar-refractivity contribution in [1.29, 1.82) is 0 Å². The van der Waals surface area contributed by atoms with Crippen molar-refractivity contribution in [2.75, 3.05) is 13.2 Å². The molecule has 0 spiro atoms. The molecule has 0 radical (unpaired) electrons. The third-order valence-corrected chi connectivity index (χ3v) is 2.50. The zero-order valence-corrected chi connectivity index (χ0v) is 9.61. The number of rotatable bonds is 7. The third kappa shape index (κ3) is 3.32. The lowest BCUT2D eigenvalue weighted by Gasteiger charge is -2.18. The molecule has 1 aromatic heterocycles. The van der Waals surface area contributed by atoms with Crippen LogP contribution in [0.2, 0.25) is 0 Å². The van der Waals surface area contributed by atoms with Crippen molar-refractivity contribution in [3.05, 3.63) is 18.2 Å². The van der Waals surface area contributed by atoms with Gasteiger partial charge in [0.1, 0.15) is 0 Å².